The van der Waals surface area contributed by atoms with Crippen molar-refractivity contribution in [2.24, 2.45) is 0 Å². The van der Waals surface area contributed by atoms with Crippen molar-refractivity contribution in [2.45, 2.75) is 24.5 Å². The number of aromatic nitrogens is 2. The monoisotopic (exact) mass is 295 g/mol. The summed E-state index contributed by atoms with van der Waals surface area (Å²) in [5, 5.41) is 44.1. The number of aliphatic hydroxyl groups excluding tert-OH is 3. The van der Waals surface area contributed by atoms with Crippen molar-refractivity contribution in [2.75, 3.05) is 6.61 Å². The molecule has 2 aromatic rings. The number of rotatable bonds is 3. The number of nitrogens with zero attached hydrogens (tertiary/aromatic N) is 3. The molecule has 1 aliphatic rings. The molecule has 1 aromatic heterocycles. The van der Waals surface area contributed by atoms with Crippen LogP contribution in [-0.2, 0) is 4.74 Å². The Morgan fingerprint density at radius 1 is 1.38 bits per heavy atom. The normalized spacial score (nSPS) is 29.1. The highest BCUT2D eigenvalue weighted by Crippen LogP contribution is 2.30. The highest BCUT2D eigenvalue weighted by atomic mass is 16.6. The molecule has 1 aromatic carbocycles. The van der Waals surface area contributed by atoms with Crippen molar-refractivity contribution < 1.29 is 25.0 Å². The summed E-state index contributed by atoms with van der Waals surface area (Å²) in [4.78, 5) is 10.2. The van der Waals surface area contributed by atoms with Crippen molar-refractivity contribution in [1.29, 1.82) is 0 Å². The summed E-state index contributed by atoms with van der Waals surface area (Å²) in [6.07, 6.45) is -2.83. The third-order valence-corrected chi connectivity index (χ3v) is 3.49. The highest BCUT2D eigenvalue weighted by molar-refractivity contribution is 5.80. The number of nitro benzene ring substituents is 1. The summed E-state index contributed by atoms with van der Waals surface area (Å²) < 4.78 is 6.63. The number of hydrogen-bond acceptors (Lipinski definition) is 7. The van der Waals surface area contributed by atoms with Gasteiger partial charge >= 0.3 is 0 Å². The van der Waals surface area contributed by atoms with Gasteiger partial charge in [0.25, 0.3) is 5.69 Å². The molecule has 9 heteroatoms. The lowest BCUT2D eigenvalue weighted by atomic mass is 10.1. The number of fused-ring (bicyclic) bond motifs is 1. The Balaban J connectivity index is 1.96. The van der Waals surface area contributed by atoms with Gasteiger partial charge in [-0.1, -0.05) is 0 Å². The van der Waals surface area contributed by atoms with Gasteiger partial charge in [-0.15, -0.1) is 0 Å². The number of aliphatic hydroxyl groups is 3. The van der Waals surface area contributed by atoms with Gasteiger partial charge in [-0.05, 0) is 6.07 Å². The molecule has 0 bridgehead atoms. The average Bonchev–Trinajstić information content (AvgIpc) is 3.00. The Hall–Kier alpha value is -2.07. The van der Waals surface area contributed by atoms with Gasteiger partial charge in [-0.2, -0.15) is 5.10 Å². The first-order valence-electron chi connectivity index (χ1n) is 6.27. The number of hydrogen-bond donors (Lipinski definition) is 3. The molecule has 4 atom stereocenters. The van der Waals surface area contributed by atoms with Crippen molar-refractivity contribution in [3.63, 3.8) is 0 Å². The fourth-order valence-electron chi connectivity index (χ4n) is 2.37. The van der Waals surface area contributed by atoms with E-state index in [0.29, 0.717) is 10.9 Å². The van der Waals surface area contributed by atoms with Crippen LogP contribution >= 0.6 is 0 Å². The number of non-ortho nitro benzene ring substituents is 1. The standard InChI is InChI=1S/C12H13N3O6/c16-5-9-10(17)11(18)12(21-9)14-4-6-3-7(15(19)20)1-2-8(6)13-14/h1-4,9-12,16-18H,5H2. The van der Waals surface area contributed by atoms with E-state index >= 15 is 0 Å². The molecule has 0 spiro atoms. The van der Waals surface area contributed by atoms with Crippen LogP contribution in [0.4, 0.5) is 5.69 Å². The Bertz CT molecular complexity index is 687. The summed E-state index contributed by atoms with van der Waals surface area (Å²) >= 11 is 0. The third kappa shape index (κ3) is 2.25. The largest absolute Gasteiger partial charge is 0.394 e. The first-order chi connectivity index (χ1) is 10.0. The molecule has 9 nitrogen and oxygen atoms in total. The van der Waals surface area contributed by atoms with Crippen molar-refractivity contribution >= 4 is 16.6 Å². The predicted octanol–water partition coefficient (Wildman–Crippen LogP) is -0.444. The highest BCUT2D eigenvalue weighted by Gasteiger charge is 2.43. The predicted molar refractivity (Wildman–Crippen MR) is 69.4 cm³/mol. The molecule has 112 valence electrons. The lowest BCUT2D eigenvalue weighted by molar-refractivity contribution is -0.384. The van der Waals surface area contributed by atoms with Crippen LogP contribution in [0.15, 0.2) is 24.4 Å². The van der Waals surface area contributed by atoms with Crippen LogP contribution in [0.5, 0.6) is 0 Å². The molecular formula is C12H13N3O6. The molecule has 0 saturated carbocycles. The average molecular weight is 295 g/mol. The van der Waals surface area contributed by atoms with Gasteiger partial charge in [-0.25, -0.2) is 4.68 Å². The van der Waals surface area contributed by atoms with Gasteiger partial charge in [0.05, 0.1) is 17.0 Å². The lowest BCUT2D eigenvalue weighted by Gasteiger charge is -2.14. The molecular weight excluding hydrogens is 282 g/mol. The fourth-order valence-corrected chi connectivity index (χ4v) is 2.37. The van der Waals surface area contributed by atoms with E-state index in [1.165, 1.54) is 29.1 Å². The number of benzene rings is 1. The zero-order valence-electron chi connectivity index (χ0n) is 10.7. The Morgan fingerprint density at radius 2 is 2.14 bits per heavy atom. The van der Waals surface area contributed by atoms with Crippen LogP contribution in [0, 0.1) is 10.1 Å². The molecule has 21 heavy (non-hydrogen) atoms. The van der Waals surface area contributed by atoms with E-state index in [9.17, 15) is 20.3 Å². The molecule has 1 aliphatic heterocycles. The second kappa shape index (κ2) is 5.04. The lowest BCUT2D eigenvalue weighted by Crippen LogP contribution is -2.33. The molecule has 0 amide bonds. The van der Waals surface area contributed by atoms with E-state index in [0.717, 1.165) is 0 Å². The van der Waals surface area contributed by atoms with Crippen LogP contribution in [0.2, 0.25) is 0 Å². The van der Waals surface area contributed by atoms with E-state index in [1.807, 2.05) is 0 Å². The summed E-state index contributed by atoms with van der Waals surface area (Å²) in [5.41, 5.74) is 0.432. The molecule has 2 heterocycles. The summed E-state index contributed by atoms with van der Waals surface area (Å²) in [5.74, 6) is 0. The summed E-state index contributed by atoms with van der Waals surface area (Å²) in [6, 6.07) is 4.18. The number of nitro groups is 1. The van der Waals surface area contributed by atoms with E-state index in [2.05, 4.69) is 5.10 Å². The maximum atomic E-state index is 10.7. The maximum Gasteiger partial charge on any atom is 0.270 e. The SMILES string of the molecule is O=[N+]([O-])c1ccc2nn(C3OC(CO)C(O)C3O)cc2c1. The minimum atomic E-state index is -1.24. The van der Waals surface area contributed by atoms with Crippen LogP contribution in [0.25, 0.3) is 10.9 Å². The Labute approximate surface area is 118 Å². The zero-order chi connectivity index (χ0) is 15.1. The Kier molecular flexibility index (Phi) is 3.33. The first-order valence-corrected chi connectivity index (χ1v) is 6.27. The van der Waals surface area contributed by atoms with Gasteiger partial charge in [0, 0.05) is 23.7 Å². The van der Waals surface area contributed by atoms with Crippen LogP contribution < -0.4 is 0 Å². The van der Waals surface area contributed by atoms with Gasteiger partial charge in [0.15, 0.2) is 6.23 Å². The topological polar surface area (TPSA) is 131 Å². The number of ether oxygens (including phenoxy) is 1. The van der Waals surface area contributed by atoms with E-state index in [1.54, 1.807) is 0 Å². The van der Waals surface area contributed by atoms with Gasteiger partial charge in [0.1, 0.15) is 18.3 Å². The Morgan fingerprint density at radius 3 is 2.76 bits per heavy atom. The fraction of sp³-hybridized carbons (Fsp3) is 0.417. The molecule has 1 saturated heterocycles. The van der Waals surface area contributed by atoms with E-state index < -0.39 is 36.1 Å². The van der Waals surface area contributed by atoms with Crippen molar-refractivity contribution in [3.05, 3.63) is 34.5 Å². The van der Waals surface area contributed by atoms with Crippen molar-refractivity contribution in [3.8, 4) is 0 Å². The minimum Gasteiger partial charge on any atom is -0.394 e. The van der Waals surface area contributed by atoms with Crippen LogP contribution in [-0.4, -0.2) is 54.9 Å². The van der Waals surface area contributed by atoms with Crippen LogP contribution in [0.1, 0.15) is 6.23 Å². The molecule has 0 aliphatic carbocycles. The second-order valence-electron chi connectivity index (χ2n) is 4.84. The molecule has 4 unspecified atom stereocenters. The minimum absolute atomic E-state index is 0.0665. The first kappa shape index (κ1) is 13.9. The van der Waals surface area contributed by atoms with Crippen molar-refractivity contribution in [1.82, 2.24) is 9.78 Å². The summed E-state index contributed by atoms with van der Waals surface area (Å²) in [6.45, 7) is -0.430. The quantitative estimate of drug-likeness (QED) is 0.516. The van der Waals surface area contributed by atoms with Gasteiger partial charge < -0.3 is 20.1 Å². The second-order valence-corrected chi connectivity index (χ2v) is 4.84. The molecule has 3 rings (SSSR count). The van der Waals surface area contributed by atoms with E-state index in [-0.39, 0.29) is 5.69 Å². The van der Waals surface area contributed by atoms with Gasteiger partial charge in [0.2, 0.25) is 0 Å². The molecule has 3 N–H and O–H groups in total. The van der Waals surface area contributed by atoms with Crippen LogP contribution in [0.3, 0.4) is 0 Å². The third-order valence-electron chi connectivity index (χ3n) is 3.49. The van der Waals surface area contributed by atoms with E-state index in [4.69, 9.17) is 9.84 Å². The zero-order valence-corrected chi connectivity index (χ0v) is 10.7. The molecule has 0 radical (unpaired) electrons. The molecule has 1 fully saturated rings. The maximum absolute atomic E-state index is 10.7. The summed E-state index contributed by atoms with van der Waals surface area (Å²) in [7, 11) is 0. The van der Waals surface area contributed by atoms with Gasteiger partial charge in [-0.3, -0.25) is 10.1 Å². The smallest absolute Gasteiger partial charge is 0.270 e.